The van der Waals surface area contributed by atoms with Gasteiger partial charge in [0.05, 0.1) is 6.61 Å². The monoisotopic (exact) mass is 278 g/mol. The molecule has 4 nitrogen and oxygen atoms in total. The summed E-state index contributed by atoms with van der Waals surface area (Å²) in [5.41, 5.74) is 1.42. The first-order chi connectivity index (χ1) is 9.18. The van der Waals surface area contributed by atoms with Crippen molar-refractivity contribution in [3.05, 3.63) is 24.3 Å². The molecule has 1 aliphatic carbocycles. The van der Waals surface area contributed by atoms with Gasteiger partial charge in [0.15, 0.2) is 5.58 Å². The molecule has 1 aromatic heterocycles. The topological polar surface area (TPSA) is 58.3 Å². The zero-order chi connectivity index (χ0) is 13.3. The number of aliphatic hydroxyl groups is 1. The molecule has 19 heavy (non-hydrogen) atoms. The highest BCUT2D eigenvalue weighted by Gasteiger charge is 2.32. The normalized spacial score (nSPS) is 18.6. The Labute approximate surface area is 116 Å². The third-order valence-corrected chi connectivity index (χ3v) is 4.47. The number of hydrogen-bond acceptors (Lipinski definition) is 5. The SMILES string of the molecule is CC(CO)(CSc1nc2ccccc2o1)NC1CC1. The molecule has 1 aliphatic rings. The number of oxazole rings is 1. The van der Waals surface area contributed by atoms with Crippen LogP contribution in [0.2, 0.25) is 0 Å². The van der Waals surface area contributed by atoms with Crippen molar-refractivity contribution in [2.24, 2.45) is 0 Å². The van der Waals surface area contributed by atoms with Gasteiger partial charge in [-0.1, -0.05) is 23.9 Å². The molecule has 0 aliphatic heterocycles. The van der Waals surface area contributed by atoms with Crippen molar-refractivity contribution >= 4 is 22.9 Å². The van der Waals surface area contributed by atoms with Crippen LogP contribution in [0.4, 0.5) is 0 Å². The number of aromatic nitrogens is 1. The zero-order valence-electron chi connectivity index (χ0n) is 10.9. The molecule has 1 unspecified atom stereocenters. The number of hydrogen-bond donors (Lipinski definition) is 2. The minimum Gasteiger partial charge on any atom is -0.431 e. The molecule has 2 N–H and O–H groups in total. The van der Waals surface area contributed by atoms with Gasteiger partial charge in [-0.25, -0.2) is 4.98 Å². The van der Waals surface area contributed by atoms with Gasteiger partial charge in [-0.05, 0) is 31.9 Å². The first kappa shape index (κ1) is 13.0. The van der Waals surface area contributed by atoms with Crippen LogP contribution < -0.4 is 5.32 Å². The summed E-state index contributed by atoms with van der Waals surface area (Å²) in [6.07, 6.45) is 2.42. The van der Waals surface area contributed by atoms with E-state index in [4.69, 9.17) is 4.42 Å². The maximum Gasteiger partial charge on any atom is 0.256 e. The lowest BCUT2D eigenvalue weighted by molar-refractivity contribution is 0.190. The summed E-state index contributed by atoms with van der Waals surface area (Å²) in [5, 5.41) is 13.7. The van der Waals surface area contributed by atoms with Gasteiger partial charge in [0.1, 0.15) is 5.52 Å². The molecule has 0 saturated heterocycles. The fraction of sp³-hybridized carbons (Fsp3) is 0.500. The van der Waals surface area contributed by atoms with Crippen LogP contribution in [-0.4, -0.2) is 34.0 Å². The number of fused-ring (bicyclic) bond motifs is 1. The van der Waals surface area contributed by atoms with E-state index in [9.17, 15) is 5.11 Å². The highest BCUT2D eigenvalue weighted by molar-refractivity contribution is 7.99. The summed E-state index contributed by atoms with van der Waals surface area (Å²) in [7, 11) is 0. The summed E-state index contributed by atoms with van der Waals surface area (Å²) in [4.78, 5) is 4.43. The van der Waals surface area contributed by atoms with Gasteiger partial charge in [-0.2, -0.15) is 0 Å². The van der Waals surface area contributed by atoms with Crippen molar-refractivity contribution in [2.75, 3.05) is 12.4 Å². The van der Waals surface area contributed by atoms with Crippen molar-refractivity contribution in [1.82, 2.24) is 10.3 Å². The highest BCUT2D eigenvalue weighted by Crippen LogP contribution is 2.28. The van der Waals surface area contributed by atoms with Crippen molar-refractivity contribution in [3.63, 3.8) is 0 Å². The van der Waals surface area contributed by atoms with E-state index in [2.05, 4.69) is 10.3 Å². The van der Waals surface area contributed by atoms with E-state index in [0.717, 1.165) is 16.9 Å². The summed E-state index contributed by atoms with van der Waals surface area (Å²) < 4.78 is 5.67. The molecule has 0 radical (unpaired) electrons. The maximum absolute atomic E-state index is 9.55. The van der Waals surface area contributed by atoms with Gasteiger partial charge in [-0.15, -0.1) is 0 Å². The van der Waals surface area contributed by atoms with E-state index in [1.54, 1.807) is 11.8 Å². The summed E-state index contributed by atoms with van der Waals surface area (Å²) in [5.74, 6) is 0.743. The van der Waals surface area contributed by atoms with Gasteiger partial charge in [0.25, 0.3) is 5.22 Å². The second-order valence-corrected chi connectivity index (χ2v) is 6.30. The van der Waals surface area contributed by atoms with Gasteiger partial charge in [0, 0.05) is 17.3 Å². The Morgan fingerprint density at radius 2 is 2.26 bits per heavy atom. The van der Waals surface area contributed by atoms with Gasteiger partial charge in [0.2, 0.25) is 0 Å². The minimum absolute atomic E-state index is 0.122. The molecule has 0 spiro atoms. The van der Waals surface area contributed by atoms with Crippen LogP contribution in [-0.2, 0) is 0 Å². The number of para-hydroxylation sites is 2. The van der Waals surface area contributed by atoms with Crippen LogP contribution in [0.15, 0.2) is 33.9 Å². The lowest BCUT2D eigenvalue weighted by Crippen LogP contribution is -2.49. The number of benzene rings is 1. The Bertz CT molecular complexity index is 534. The molecular weight excluding hydrogens is 260 g/mol. The molecule has 0 amide bonds. The fourth-order valence-electron chi connectivity index (χ4n) is 1.99. The second kappa shape index (κ2) is 5.15. The molecule has 2 aromatic rings. The molecule has 102 valence electrons. The summed E-state index contributed by atoms with van der Waals surface area (Å²) in [6, 6.07) is 8.32. The smallest absolute Gasteiger partial charge is 0.256 e. The lowest BCUT2D eigenvalue weighted by atomic mass is 10.1. The fourth-order valence-corrected chi connectivity index (χ4v) is 2.92. The van der Waals surface area contributed by atoms with E-state index in [-0.39, 0.29) is 12.1 Å². The number of thioether (sulfide) groups is 1. The predicted molar refractivity (Wildman–Crippen MR) is 76.4 cm³/mol. The molecule has 1 heterocycles. The van der Waals surface area contributed by atoms with Crippen molar-refractivity contribution < 1.29 is 9.52 Å². The largest absolute Gasteiger partial charge is 0.431 e. The van der Waals surface area contributed by atoms with E-state index in [1.165, 1.54) is 12.8 Å². The predicted octanol–water partition coefficient (Wildman–Crippen LogP) is 2.42. The lowest BCUT2D eigenvalue weighted by Gasteiger charge is -2.27. The Morgan fingerprint density at radius 3 is 2.95 bits per heavy atom. The molecule has 1 atom stereocenters. The van der Waals surface area contributed by atoms with E-state index in [0.29, 0.717) is 11.3 Å². The average molecular weight is 278 g/mol. The van der Waals surface area contributed by atoms with Crippen LogP contribution in [0.5, 0.6) is 0 Å². The van der Waals surface area contributed by atoms with Crippen molar-refractivity contribution in [1.29, 1.82) is 0 Å². The first-order valence-electron chi connectivity index (χ1n) is 6.55. The highest BCUT2D eigenvalue weighted by atomic mass is 32.2. The van der Waals surface area contributed by atoms with Crippen LogP contribution >= 0.6 is 11.8 Å². The number of nitrogens with one attached hydrogen (secondary N) is 1. The standard InChI is InChI=1S/C14H18N2O2S/c1-14(8-17,16-10-6-7-10)9-19-13-15-11-4-2-3-5-12(11)18-13/h2-5,10,16-17H,6-9H2,1H3. The van der Waals surface area contributed by atoms with Crippen LogP contribution in [0.25, 0.3) is 11.1 Å². The Kier molecular flexibility index (Phi) is 3.52. The third-order valence-electron chi connectivity index (χ3n) is 3.27. The maximum atomic E-state index is 9.55. The number of rotatable bonds is 6. The Morgan fingerprint density at radius 1 is 1.47 bits per heavy atom. The number of aliphatic hydroxyl groups excluding tert-OH is 1. The molecule has 5 heteroatoms. The Hall–Kier alpha value is -1.04. The van der Waals surface area contributed by atoms with Crippen LogP contribution in [0.1, 0.15) is 19.8 Å². The van der Waals surface area contributed by atoms with Crippen molar-refractivity contribution in [2.45, 2.75) is 36.6 Å². The zero-order valence-corrected chi connectivity index (χ0v) is 11.7. The van der Waals surface area contributed by atoms with Crippen LogP contribution in [0, 0.1) is 0 Å². The molecule has 1 saturated carbocycles. The Balaban J connectivity index is 1.66. The van der Waals surface area contributed by atoms with Gasteiger partial charge >= 0.3 is 0 Å². The third kappa shape index (κ3) is 3.11. The summed E-state index contributed by atoms with van der Waals surface area (Å²) in [6.45, 7) is 2.16. The van der Waals surface area contributed by atoms with Gasteiger partial charge in [-0.3, -0.25) is 0 Å². The molecule has 1 fully saturated rings. The van der Waals surface area contributed by atoms with Crippen molar-refractivity contribution in [3.8, 4) is 0 Å². The molecular formula is C14H18N2O2S. The van der Waals surface area contributed by atoms with E-state index < -0.39 is 0 Å². The van der Waals surface area contributed by atoms with E-state index >= 15 is 0 Å². The molecule has 0 bridgehead atoms. The second-order valence-electron chi connectivity index (χ2n) is 5.37. The minimum atomic E-state index is -0.271. The first-order valence-corrected chi connectivity index (χ1v) is 7.54. The molecule has 1 aromatic carbocycles. The quantitative estimate of drug-likeness (QED) is 0.795. The van der Waals surface area contributed by atoms with Gasteiger partial charge < -0.3 is 14.8 Å². The average Bonchev–Trinajstić information content (AvgIpc) is 3.12. The van der Waals surface area contributed by atoms with Crippen LogP contribution in [0.3, 0.4) is 0 Å². The number of nitrogens with zero attached hydrogens (tertiary/aromatic N) is 1. The molecule has 3 rings (SSSR count). The summed E-state index contributed by atoms with van der Waals surface area (Å²) >= 11 is 1.55. The van der Waals surface area contributed by atoms with E-state index in [1.807, 2.05) is 31.2 Å².